The molecule has 0 amide bonds. The first-order chi connectivity index (χ1) is 11.8. The molecule has 120 valence electrons. The van der Waals surface area contributed by atoms with E-state index in [-0.39, 0.29) is 0 Å². The van der Waals surface area contributed by atoms with Crippen LogP contribution in [0.15, 0.2) is 30.9 Å². The van der Waals surface area contributed by atoms with Gasteiger partial charge in [-0.3, -0.25) is 0 Å². The predicted octanol–water partition coefficient (Wildman–Crippen LogP) is 3.75. The Morgan fingerprint density at radius 2 is 2.25 bits per heavy atom. The molecule has 24 heavy (non-hydrogen) atoms. The fourth-order valence-corrected chi connectivity index (χ4v) is 4.76. The second kappa shape index (κ2) is 5.27. The molecule has 0 unspecified atom stereocenters. The van der Waals surface area contributed by atoms with Gasteiger partial charge in [0.15, 0.2) is 0 Å². The van der Waals surface area contributed by atoms with Crippen LogP contribution in [0.5, 0.6) is 0 Å². The van der Waals surface area contributed by atoms with Gasteiger partial charge in [-0.25, -0.2) is 15.0 Å². The number of pyridine rings is 1. The molecular weight excluding hydrogens is 318 g/mol. The van der Waals surface area contributed by atoms with Crippen LogP contribution in [-0.4, -0.2) is 19.4 Å². The lowest BCUT2D eigenvalue weighted by Gasteiger charge is -2.05. The molecule has 1 aliphatic carbocycles. The number of anilines is 1. The first-order valence-corrected chi connectivity index (χ1v) is 9.03. The largest absolute Gasteiger partial charge is 0.364 e. The summed E-state index contributed by atoms with van der Waals surface area (Å²) >= 11 is 1.82. The topological polar surface area (TPSA) is 55.1 Å². The standard InChI is InChI=1S/C18H17N5S/c1-11-4-3-7-23-9-12(22-17(11)23)8-19-16-15-13-5-2-6-14(13)24-18(15)21-10-20-16/h3-4,7,9-10H,2,5-6,8H2,1H3,(H,19,20,21). The lowest BCUT2D eigenvalue weighted by Crippen LogP contribution is -2.03. The van der Waals surface area contributed by atoms with E-state index in [9.17, 15) is 0 Å². The molecule has 0 fully saturated rings. The van der Waals surface area contributed by atoms with E-state index in [1.165, 1.54) is 34.2 Å². The second-order valence-electron chi connectivity index (χ2n) is 6.27. The number of nitrogens with zero attached hydrogens (tertiary/aromatic N) is 4. The maximum atomic E-state index is 4.73. The first-order valence-electron chi connectivity index (χ1n) is 8.22. The second-order valence-corrected chi connectivity index (χ2v) is 7.35. The Labute approximate surface area is 143 Å². The van der Waals surface area contributed by atoms with Crippen LogP contribution in [0.25, 0.3) is 15.9 Å². The van der Waals surface area contributed by atoms with Crippen molar-refractivity contribution in [2.24, 2.45) is 0 Å². The Bertz CT molecular complexity index is 1060. The van der Waals surface area contributed by atoms with Gasteiger partial charge in [-0.1, -0.05) is 6.07 Å². The molecule has 4 heterocycles. The van der Waals surface area contributed by atoms with Crippen LogP contribution in [0.1, 0.15) is 28.1 Å². The third-order valence-electron chi connectivity index (χ3n) is 4.67. The first kappa shape index (κ1) is 13.9. The van der Waals surface area contributed by atoms with E-state index in [1.807, 2.05) is 23.6 Å². The lowest BCUT2D eigenvalue weighted by molar-refractivity contribution is 0.917. The fourth-order valence-electron chi connectivity index (χ4n) is 3.53. The van der Waals surface area contributed by atoms with E-state index in [2.05, 4.69) is 38.9 Å². The number of imidazole rings is 1. The van der Waals surface area contributed by atoms with Gasteiger partial charge in [0.1, 0.15) is 22.6 Å². The van der Waals surface area contributed by atoms with Gasteiger partial charge in [0.05, 0.1) is 17.6 Å². The molecule has 4 aromatic rings. The van der Waals surface area contributed by atoms with Gasteiger partial charge in [-0.15, -0.1) is 11.3 Å². The number of fused-ring (bicyclic) bond motifs is 4. The van der Waals surface area contributed by atoms with Crippen molar-refractivity contribution >= 4 is 33.0 Å². The Kier molecular flexibility index (Phi) is 3.06. The van der Waals surface area contributed by atoms with Gasteiger partial charge in [-0.2, -0.15) is 0 Å². The number of hydrogen-bond acceptors (Lipinski definition) is 5. The van der Waals surface area contributed by atoms with Crippen LogP contribution in [0.2, 0.25) is 0 Å². The molecule has 0 saturated carbocycles. The van der Waals surface area contributed by atoms with Crippen molar-refractivity contribution < 1.29 is 0 Å². The highest BCUT2D eigenvalue weighted by molar-refractivity contribution is 7.19. The van der Waals surface area contributed by atoms with Crippen molar-refractivity contribution in [2.45, 2.75) is 32.7 Å². The fraction of sp³-hybridized carbons (Fsp3) is 0.278. The molecule has 0 spiro atoms. The van der Waals surface area contributed by atoms with E-state index < -0.39 is 0 Å². The Morgan fingerprint density at radius 3 is 3.17 bits per heavy atom. The lowest BCUT2D eigenvalue weighted by atomic mass is 10.2. The third-order valence-corrected chi connectivity index (χ3v) is 5.87. The predicted molar refractivity (Wildman–Crippen MR) is 96.7 cm³/mol. The van der Waals surface area contributed by atoms with Crippen LogP contribution in [0, 0.1) is 6.92 Å². The Hall–Kier alpha value is -2.47. The van der Waals surface area contributed by atoms with Crippen molar-refractivity contribution in [3.8, 4) is 0 Å². The molecule has 0 atom stereocenters. The number of aryl methyl sites for hydroxylation is 3. The molecule has 0 saturated heterocycles. The van der Waals surface area contributed by atoms with Crippen LogP contribution >= 0.6 is 11.3 Å². The van der Waals surface area contributed by atoms with Crippen LogP contribution in [0.3, 0.4) is 0 Å². The summed E-state index contributed by atoms with van der Waals surface area (Å²) in [5, 5.41) is 4.70. The minimum absolute atomic E-state index is 0.665. The number of nitrogens with one attached hydrogen (secondary N) is 1. The molecule has 6 heteroatoms. The summed E-state index contributed by atoms with van der Waals surface area (Å²) < 4.78 is 2.07. The number of rotatable bonds is 3. The van der Waals surface area contributed by atoms with E-state index in [4.69, 9.17) is 4.98 Å². The summed E-state index contributed by atoms with van der Waals surface area (Å²) in [4.78, 5) is 16.3. The van der Waals surface area contributed by atoms with Crippen LogP contribution < -0.4 is 5.32 Å². The zero-order valence-corrected chi connectivity index (χ0v) is 14.2. The molecule has 4 aromatic heterocycles. The third kappa shape index (κ3) is 2.10. The summed E-state index contributed by atoms with van der Waals surface area (Å²) in [5.74, 6) is 0.938. The average molecular weight is 335 g/mol. The van der Waals surface area contributed by atoms with Gasteiger partial charge in [0.25, 0.3) is 0 Å². The molecule has 0 aliphatic heterocycles. The SMILES string of the molecule is Cc1cccn2cc(CNc3ncnc4sc5c(c34)CCC5)nc12. The Balaban J connectivity index is 1.49. The van der Waals surface area contributed by atoms with Gasteiger partial charge < -0.3 is 9.72 Å². The van der Waals surface area contributed by atoms with Crippen LogP contribution in [0.4, 0.5) is 5.82 Å². The molecule has 0 radical (unpaired) electrons. The molecule has 1 N–H and O–H groups in total. The summed E-state index contributed by atoms with van der Waals surface area (Å²) in [6.07, 6.45) is 9.34. The van der Waals surface area contributed by atoms with Crippen molar-refractivity contribution in [2.75, 3.05) is 5.32 Å². The summed E-state index contributed by atoms with van der Waals surface area (Å²) in [5.41, 5.74) is 4.66. The Morgan fingerprint density at radius 1 is 1.29 bits per heavy atom. The maximum absolute atomic E-state index is 4.73. The van der Waals surface area contributed by atoms with Crippen molar-refractivity contribution in [3.05, 3.63) is 52.6 Å². The zero-order chi connectivity index (χ0) is 16.1. The normalized spacial score (nSPS) is 13.7. The van der Waals surface area contributed by atoms with E-state index in [0.717, 1.165) is 28.4 Å². The molecule has 0 aromatic carbocycles. The van der Waals surface area contributed by atoms with Gasteiger partial charge in [0, 0.05) is 17.3 Å². The monoisotopic (exact) mass is 335 g/mol. The van der Waals surface area contributed by atoms with Crippen molar-refractivity contribution in [1.82, 2.24) is 19.4 Å². The minimum Gasteiger partial charge on any atom is -0.364 e. The summed E-state index contributed by atoms with van der Waals surface area (Å²) in [7, 11) is 0. The molecule has 5 rings (SSSR count). The van der Waals surface area contributed by atoms with Crippen molar-refractivity contribution in [1.29, 1.82) is 0 Å². The molecular formula is C18H17N5S. The summed E-state index contributed by atoms with van der Waals surface area (Å²) in [6.45, 7) is 2.75. The highest BCUT2D eigenvalue weighted by Crippen LogP contribution is 2.39. The maximum Gasteiger partial charge on any atom is 0.140 e. The van der Waals surface area contributed by atoms with Gasteiger partial charge in [0.2, 0.25) is 0 Å². The highest BCUT2D eigenvalue weighted by atomic mass is 32.1. The number of thiophene rings is 1. The van der Waals surface area contributed by atoms with E-state index >= 15 is 0 Å². The van der Waals surface area contributed by atoms with E-state index in [1.54, 1.807) is 6.33 Å². The van der Waals surface area contributed by atoms with Crippen molar-refractivity contribution in [3.63, 3.8) is 0 Å². The quantitative estimate of drug-likeness (QED) is 0.619. The molecule has 1 aliphatic rings. The number of hydrogen-bond donors (Lipinski definition) is 1. The molecule has 0 bridgehead atoms. The van der Waals surface area contributed by atoms with Gasteiger partial charge in [-0.05, 0) is 43.4 Å². The number of aromatic nitrogens is 4. The zero-order valence-electron chi connectivity index (χ0n) is 13.4. The molecule has 5 nitrogen and oxygen atoms in total. The summed E-state index contributed by atoms with van der Waals surface area (Å²) in [6, 6.07) is 4.13. The minimum atomic E-state index is 0.665. The highest BCUT2D eigenvalue weighted by Gasteiger charge is 2.21. The van der Waals surface area contributed by atoms with Crippen LogP contribution in [-0.2, 0) is 19.4 Å². The van der Waals surface area contributed by atoms with Gasteiger partial charge >= 0.3 is 0 Å². The average Bonchev–Trinajstić information content (AvgIpc) is 3.26. The smallest absolute Gasteiger partial charge is 0.140 e. The van der Waals surface area contributed by atoms with E-state index in [0.29, 0.717) is 6.54 Å².